The molecular weight excluding hydrogens is 192 g/mol. The summed E-state index contributed by atoms with van der Waals surface area (Å²) in [4.78, 5) is 2.49. The maximum atomic E-state index is 3.54. The van der Waals surface area contributed by atoms with Crippen LogP contribution in [0.2, 0.25) is 0 Å². The van der Waals surface area contributed by atoms with Crippen molar-refractivity contribution in [3.8, 4) is 0 Å². The van der Waals surface area contributed by atoms with Crippen LogP contribution >= 0.6 is 11.3 Å². The van der Waals surface area contributed by atoms with Crippen LogP contribution in [0.4, 0.5) is 5.69 Å². The van der Waals surface area contributed by atoms with E-state index < -0.39 is 0 Å². The van der Waals surface area contributed by atoms with Gasteiger partial charge in [-0.3, -0.25) is 0 Å². The topological polar surface area (TPSA) is 15.3 Å². The summed E-state index contributed by atoms with van der Waals surface area (Å²) < 4.78 is 0. The minimum Gasteiger partial charge on any atom is -0.369 e. The molecule has 1 N–H and O–H groups in total. The molecule has 0 spiro atoms. The van der Waals surface area contributed by atoms with E-state index in [4.69, 9.17) is 0 Å². The van der Waals surface area contributed by atoms with Crippen LogP contribution in [0.3, 0.4) is 0 Å². The molecule has 2 nitrogen and oxygen atoms in total. The second-order valence-electron chi connectivity index (χ2n) is 3.82. The van der Waals surface area contributed by atoms with Crippen LogP contribution in [0.5, 0.6) is 0 Å². The molecule has 78 valence electrons. The largest absolute Gasteiger partial charge is 0.369 e. The molecule has 1 saturated heterocycles. The molecule has 2 rings (SSSR count). The number of piperidine rings is 1. The van der Waals surface area contributed by atoms with Gasteiger partial charge in [0.05, 0.1) is 0 Å². The molecular formula is C11H18N2S. The zero-order chi connectivity index (χ0) is 9.80. The summed E-state index contributed by atoms with van der Waals surface area (Å²) in [6.07, 6.45) is 2.64. The van der Waals surface area contributed by atoms with E-state index in [2.05, 4.69) is 34.0 Å². The SMILES string of the molecule is CCNC1CCCN(c2ccsc2)C1. The number of anilines is 1. The van der Waals surface area contributed by atoms with Crippen LogP contribution in [0.15, 0.2) is 16.8 Å². The van der Waals surface area contributed by atoms with Crippen molar-refractivity contribution in [2.45, 2.75) is 25.8 Å². The number of thiophene rings is 1. The van der Waals surface area contributed by atoms with Gasteiger partial charge >= 0.3 is 0 Å². The minimum absolute atomic E-state index is 0.689. The van der Waals surface area contributed by atoms with Gasteiger partial charge < -0.3 is 10.2 Å². The van der Waals surface area contributed by atoms with Gasteiger partial charge in [-0.1, -0.05) is 6.92 Å². The van der Waals surface area contributed by atoms with Crippen molar-refractivity contribution >= 4 is 17.0 Å². The fraction of sp³-hybridized carbons (Fsp3) is 0.636. The summed E-state index contributed by atoms with van der Waals surface area (Å²) in [6, 6.07) is 2.91. The van der Waals surface area contributed by atoms with Gasteiger partial charge in [0, 0.05) is 30.2 Å². The molecule has 1 atom stereocenters. The van der Waals surface area contributed by atoms with E-state index >= 15 is 0 Å². The highest BCUT2D eigenvalue weighted by Crippen LogP contribution is 2.22. The van der Waals surface area contributed by atoms with Gasteiger partial charge in [-0.25, -0.2) is 0 Å². The first kappa shape index (κ1) is 9.99. The summed E-state index contributed by atoms with van der Waals surface area (Å²) in [5.41, 5.74) is 1.40. The Morgan fingerprint density at radius 1 is 1.64 bits per heavy atom. The highest BCUT2D eigenvalue weighted by molar-refractivity contribution is 7.08. The Balaban J connectivity index is 1.94. The first-order valence-electron chi connectivity index (χ1n) is 5.40. The molecule has 0 aliphatic carbocycles. The molecule has 1 aromatic heterocycles. The lowest BCUT2D eigenvalue weighted by atomic mass is 10.1. The molecule has 14 heavy (non-hydrogen) atoms. The van der Waals surface area contributed by atoms with Gasteiger partial charge in [-0.2, -0.15) is 11.3 Å². The smallest absolute Gasteiger partial charge is 0.0475 e. The second kappa shape index (κ2) is 4.80. The van der Waals surface area contributed by atoms with Crippen molar-refractivity contribution in [1.29, 1.82) is 0 Å². The van der Waals surface area contributed by atoms with E-state index in [-0.39, 0.29) is 0 Å². The number of nitrogens with one attached hydrogen (secondary N) is 1. The predicted octanol–water partition coefficient (Wildman–Crippen LogP) is 2.33. The molecule has 1 aliphatic rings. The molecule has 1 aromatic rings. The Morgan fingerprint density at radius 3 is 3.29 bits per heavy atom. The first-order chi connectivity index (χ1) is 6.90. The predicted molar refractivity (Wildman–Crippen MR) is 63.2 cm³/mol. The molecule has 0 amide bonds. The first-order valence-corrected chi connectivity index (χ1v) is 6.35. The molecule has 0 bridgehead atoms. The van der Waals surface area contributed by atoms with Crippen molar-refractivity contribution in [2.24, 2.45) is 0 Å². The monoisotopic (exact) mass is 210 g/mol. The van der Waals surface area contributed by atoms with E-state index in [0.29, 0.717) is 6.04 Å². The Hall–Kier alpha value is -0.540. The molecule has 3 heteroatoms. The number of nitrogens with zero attached hydrogens (tertiary/aromatic N) is 1. The fourth-order valence-corrected chi connectivity index (χ4v) is 2.77. The van der Waals surface area contributed by atoms with Crippen LogP contribution in [0.1, 0.15) is 19.8 Å². The average molecular weight is 210 g/mol. The van der Waals surface area contributed by atoms with Crippen LogP contribution in [-0.2, 0) is 0 Å². The van der Waals surface area contributed by atoms with Gasteiger partial charge in [0.15, 0.2) is 0 Å². The van der Waals surface area contributed by atoms with Gasteiger partial charge in [-0.05, 0) is 30.8 Å². The molecule has 0 radical (unpaired) electrons. The Bertz CT molecular complexity index is 256. The Morgan fingerprint density at radius 2 is 2.57 bits per heavy atom. The molecule has 1 aliphatic heterocycles. The van der Waals surface area contributed by atoms with Gasteiger partial charge in [0.1, 0.15) is 0 Å². The number of likely N-dealkylation sites (N-methyl/N-ethyl adjacent to an activating group) is 1. The second-order valence-corrected chi connectivity index (χ2v) is 4.60. The van der Waals surface area contributed by atoms with Gasteiger partial charge in [0.2, 0.25) is 0 Å². The zero-order valence-corrected chi connectivity index (χ0v) is 9.52. The zero-order valence-electron chi connectivity index (χ0n) is 8.70. The van der Waals surface area contributed by atoms with E-state index in [1.807, 2.05) is 0 Å². The average Bonchev–Trinajstić information content (AvgIpc) is 2.71. The summed E-state index contributed by atoms with van der Waals surface area (Å²) in [5.74, 6) is 0. The van der Waals surface area contributed by atoms with E-state index in [1.165, 1.54) is 31.6 Å². The van der Waals surface area contributed by atoms with Crippen LogP contribution in [0.25, 0.3) is 0 Å². The minimum atomic E-state index is 0.689. The lowest BCUT2D eigenvalue weighted by Gasteiger charge is -2.34. The summed E-state index contributed by atoms with van der Waals surface area (Å²) >= 11 is 1.79. The van der Waals surface area contributed by atoms with Crippen molar-refractivity contribution in [3.63, 3.8) is 0 Å². The van der Waals surface area contributed by atoms with E-state index in [1.54, 1.807) is 11.3 Å². The van der Waals surface area contributed by atoms with Crippen LogP contribution < -0.4 is 10.2 Å². The summed E-state index contributed by atoms with van der Waals surface area (Å²) in [5, 5.41) is 7.94. The molecule has 0 saturated carbocycles. The molecule has 1 unspecified atom stereocenters. The third kappa shape index (κ3) is 2.28. The summed E-state index contributed by atoms with van der Waals surface area (Å²) in [7, 11) is 0. The molecule has 0 aromatic carbocycles. The highest BCUT2D eigenvalue weighted by Gasteiger charge is 2.18. The van der Waals surface area contributed by atoms with Crippen molar-refractivity contribution in [3.05, 3.63) is 16.8 Å². The Labute approximate surface area is 89.9 Å². The number of hydrogen-bond donors (Lipinski definition) is 1. The van der Waals surface area contributed by atoms with Gasteiger partial charge in [0.25, 0.3) is 0 Å². The number of rotatable bonds is 3. The van der Waals surface area contributed by atoms with E-state index in [9.17, 15) is 0 Å². The molecule has 2 heterocycles. The quantitative estimate of drug-likeness (QED) is 0.823. The van der Waals surface area contributed by atoms with Crippen LogP contribution in [-0.4, -0.2) is 25.7 Å². The maximum absolute atomic E-state index is 3.54. The third-order valence-corrected chi connectivity index (χ3v) is 3.46. The van der Waals surface area contributed by atoms with Crippen molar-refractivity contribution in [2.75, 3.05) is 24.5 Å². The maximum Gasteiger partial charge on any atom is 0.0475 e. The molecule has 1 fully saturated rings. The lowest BCUT2D eigenvalue weighted by Crippen LogP contribution is -2.45. The van der Waals surface area contributed by atoms with Crippen molar-refractivity contribution in [1.82, 2.24) is 5.32 Å². The highest BCUT2D eigenvalue weighted by atomic mass is 32.1. The normalized spacial score (nSPS) is 22.6. The lowest BCUT2D eigenvalue weighted by molar-refractivity contribution is 0.431. The van der Waals surface area contributed by atoms with Crippen LogP contribution in [0, 0.1) is 0 Å². The Kier molecular flexibility index (Phi) is 3.43. The summed E-state index contributed by atoms with van der Waals surface area (Å²) in [6.45, 7) is 5.66. The van der Waals surface area contributed by atoms with Gasteiger partial charge in [-0.15, -0.1) is 0 Å². The standard InChI is InChI=1S/C11H18N2S/c1-2-12-10-4-3-6-13(8-10)11-5-7-14-9-11/h5,7,9-10,12H,2-4,6,8H2,1H3. The van der Waals surface area contributed by atoms with E-state index in [0.717, 1.165) is 6.54 Å². The number of hydrogen-bond acceptors (Lipinski definition) is 3. The third-order valence-electron chi connectivity index (χ3n) is 2.79. The van der Waals surface area contributed by atoms with Crippen molar-refractivity contribution < 1.29 is 0 Å². The fourth-order valence-electron chi connectivity index (χ4n) is 2.10.